The molecule has 114 valence electrons. The smallest absolute Gasteiger partial charge is 0.0624 e. The Morgan fingerprint density at radius 1 is 1.14 bits per heavy atom. The van der Waals surface area contributed by atoms with Gasteiger partial charge in [0.2, 0.25) is 0 Å². The van der Waals surface area contributed by atoms with E-state index < -0.39 is 0 Å². The number of rotatable bonds is 5. The van der Waals surface area contributed by atoms with Crippen molar-refractivity contribution in [3.05, 3.63) is 52.3 Å². The van der Waals surface area contributed by atoms with Gasteiger partial charge >= 0.3 is 0 Å². The van der Waals surface area contributed by atoms with Crippen LogP contribution in [0.4, 0.5) is 0 Å². The fourth-order valence-electron chi connectivity index (χ4n) is 2.68. The molecule has 2 N–H and O–H groups in total. The van der Waals surface area contributed by atoms with Crippen LogP contribution in [0.3, 0.4) is 0 Å². The Balaban J connectivity index is 2.31. The number of hydrogen-bond acceptors (Lipinski definition) is 2. The summed E-state index contributed by atoms with van der Waals surface area (Å²) in [6.45, 7) is 11.5. The molecule has 0 saturated heterocycles. The van der Waals surface area contributed by atoms with Crippen LogP contribution in [0.5, 0.6) is 0 Å². The minimum atomic E-state index is -0.379. The van der Waals surface area contributed by atoms with E-state index in [-0.39, 0.29) is 5.54 Å². The molecule has 0 bridgehead atoms. The number of nitrogens with two attached hydrogens (primary N) is 1. The number of nitrogens with zero attached hydrogens (tertiary/aromatic N) is 2. The Labute approximate surface area is 128 Å². The van der Waals surface area contributed by atoms with Crippen molar-refractivity contribution in [3.63, 3.8) is 0 Å². The maximum Gasteiger partial charge on any atom is 0.0624 e. The molecule has 1 aromatic carbocycles. The van der Waals surface area contributed by atoms with E-state index in [0.717, 1.165) is 25.1 Å². The minimum Gasteiger partial charge on any atom is -0.321 e. The molecule has 1 heterocycles. The molecule has 0 amide bonds. The maximum absolute atomic E-state index is 6.62. The zero-order valence-electron chi connectivity index (χ0n) is 13.9. The van der Waals surface area contributed by atoms with Gasteiger partial charge in [-0.05, 0) is 56.9 Å². The number of hydrogen-bond donors (Lipinski definition) is 1. The standard InChI is InChI=1S/C18H27N3/c1-6-16-11-17(21(7-2)20-16)12-18(5,19)15-9-8-13(3)14(4)10-15/h8-11H,6-7,12,19H2,1-5H3. The van der Waals surface area contributed by atoms with Crippen LogP contribution in [0.15, 0.2) is 24.3 Å². The second-order valence-corrected chi connectivity index (χ2v) is 6.19. The van der Waals surface area contributed by atoms with E-state index in [0.29, 0.717) is 0 Å². The molecule has 0 radical (unpaired) electrons. The van der Waals surface area contributed by atoms with Crippen molar-refractivity contribution in [3.8, 4) is 0 Å². The third-order valence-corrected chi connectivity index (χ3v) is 4.29. The number of aromatic nitrogens is 2. The molecular weight excluding hydrogens is 258 g/mol. The largest absolute Gasteiger partial charge is 0.321 e. The van der Waals surface area contributed by atoms with E-state index in [9.17, 15) is 0 Å². The number of aryl methyl sites for hydroxylation is 4. The molecule has 0 saturated carbocycles. The number of benzene rings is 1. The van der Waals surface area contributed by atoms with Gasteiger partial charge in [0.1, 0.15) is 0 Å². The molecule has 0 aliphatic heterocycles. The van der Waals surface area contributed by atoms with Gasteiger partial charge in [0, 0.05) is 24.2 Å². The van der Waals surface area contributed by atoms with E-state index in [1.165, 1.54) is 22.4 Å². The Morgan fingerprint density at radius 3 is 2.43 bits per heavy atom. The van der Waals surface area contributed by atoms with Crippen molar-refractivity contribution in [2.75, 3.05) is 0 Å². The molecule has 3 nitrogen and oxygen atoms in total. The summed E-state index contributed by atoms with van der Waals surface area (Å²) in [5.41, 5.74) is 12.4. The molecule has 1 unspecified atom stereocenters. The molecule has 0 aliphatic rings. The highest BCUT2D eigenvalue weighted by Crippen LogP contribution is 2.25. The normalized spacial score (nSPS) is 14.2. The zero-order valence-corrected chi connectivity index (χ0v) is 13.9. The van der Waals surface area contributed by atoms with Crippen LogP contribution >= 0.6 is 0 Å². The second kappa shape index (κ2) is 6.02. The molecule has 0 aliphatic carbocycles. The van der Waals surface area contributed by atoms with Gasteiger partial charge < -0.3 is 5.73 Å². The molecular formula is C18H27N3. The van der Waals surface area contributed by atoms with Gasteiger partial charge in [0.25, 0.3) is 0 Å². The van der Waals surface area contributed by atoms with Crippen LogP contribution in [-0.2, 0) is 24.9 Å². The molecule has 0 fully saturated rings. The molecule has 21 heavy (non-hydrogen) atoms. The first-order valence-corrected chi connectivity index (χ1v) is 7.79. The summed E-state index contributed by atoms with van der Waals surface area (Å²) in [4.78, 5) is 0. The Bertz CT molecular complexity index is 623. The summed E-state index contributed by atoms with van der Waals surface area (Å²) in [7, 11) is 0. The summed E-state index contributed by atoms with van der Waals surface area (Å²) in [5.74, 6) is 0. The summed E-state index contributed by atoms with van der Waals surface area (Å²) in [6.07, 6.45) is 1.77. The molecule has 1 aromatic heterocycles. The average molecular weight is 285 g/mol. The first kappa shape index (κ1) is 15.8. The second-order valence-electron chi connectivity index (χ2n) is 6.19. The van der Waals surface area contributed by atoms with Gasteiger partial charge in [0.15, 0.2) is 0 Å². The van der Waals surface area contributed by atoms with Gasteiger partial charge in [-0.2, -0.15) is 5.10 Å². The Kier molecular flexibility index (Phi) is 4.52. The van der Waals surface area contributed by atoms with Gasteiger partial charge in [-0.3, -0.25) is 4.68 Å². The SMILES string of the molecule is CCc1cc(CC(C)(N)c2ccc(C)c(C)c2)n(CC)n1. The highest BCUT2D eigenvalue weighted by Gasteiger charge is 2.24. The Morgan fingerprint density at radius 2 is 1.86 bits per heavy atom. The quantitative estimate of drug-likeness (QED) is 0.913. The first-order chi connectivity index (χ1) is 9.87. The molecule has 3 heteroatoms. The fraction of sp³-hybridized carbons (Fsp3) is 0.500. The fourth-order valence-corrected chi connectivity index (χ4v) is 2.68. The molecule has 0 spiro atoms. The van der Waals surface area contributed by atoms with Gasteiger partial charge in [-0.25, -0.2) is 0 Å². The van der Waals surface area contributed by atoms with Crippen molar-refractivity contribution < 1.29 is 0 Å². The Hall–Kier alpha value is -1.61. The van der Waals surface area contributed by atoms with E-state index in [2.05, 4.69) is 68.7 Å². The van der Waals surface area contributed by atoms with E-state index in [1.54, 1.807) is 0 Å². The van der Waals surface area contributed by atoms with Crippen molar-refractivity contribution >= 4 is 0 Å². The molecule has 2 rings (SSSR count). The van der Waals surface area contributed by atoms with Gasteiger partial charge in [-0.15, -0.1) is 0 Å². The zero-order chi connectivity index (χ0) is 15.6. The lowest BCUT2D eigenvalue weighted by molar-refractivity contribution is 0.463. The summed E-state index contributed by atoms with van der Waals surface area (Å²) in [5, 5.41) is 4.62. The third-order valence-electron chi connectivity index (χ3n) is 4.29. The highest BCUT2D eigenvalue weighted by molar-refractivity contribution is 5.34. The van der Waals surface area contributed by atoms with Gasteiger partial charge in [-0.1, -0.05) is 25.1 Å². The van der Waals surface area contributed by atoms with Crippen molar-refractivity contribution in [1.82, 2.24) is 9.78 Å². The van der Waals surface area contributed by atoms with E-state index in [4.69, 9.17) is 5.73 Å². The van der Waals surface area contributed by atoms with Crippen LogP contribution in [0.25, 0.3) is 0 Å². The van der Waals surface area contributed by atoms with E-state index in [1.807, 2.05) is 0 Å². The predicted octanol–water partition coefficient (Wildman–Crippen LogP) is 3.50. The lowest BCUT2D eigenvalue weighted by atomic mass is 9.86. The highest BCUT2D eigenvalue weighted by atomic mass is 15.3. The molecule has 1 atom stereocenters. The monoisotopic (exact) mass is 285 g/mol. The van der Waals surface area contributed by atoms with Crippen LogP contribution in [0, 0.1) is 13.8 Å². The van der Waals surface area contributed by atoms with Crippen LogP contribution < -0.4 is 5.73 Å². The van der Waals surface area contributed by atoms with Crippen LogP contribution in [0.2, 0.25) is 0 Å². The first-order valence-electron chi connectivity index (χ1n) is 7.79. The lowest BCUT2D eigenvalue weighted by Gasteiger charge is -2.26. The molecule has 2 aromatic rings. The van der Waals surface area contributed by atoms with Crippen LogP contribution in [-0.4, -0.2) is 9.78 Å². The average Bonchev–Trinajstić information content (AvgIpc) is 2.83. The summed E-state index contributed by atoms with van der Waals surface area (Å²) >= 11 is 0. The van der Waals surface area contributed by atoms with Crippen molar-refractivity contribution in [2.45, 2.75) is 59.5 Å². The predicted molar refractivity (Wildman–Crippen MR) is 88.4 cm³/mol. The van der Waals surface area contributed by atoms with Crippen molar-refractivity contribution in [2.24, 2.45) is 5.73 Å². The minimum absolute atomic E-state index is 0.379. The summed E-state index contributed by atoms with van der Waals surface area (Å²) < 4.78 is 2.07. The summed E-state index contributed by atoms with van der Waals surface area (Å²) in [6, 6.07) is 8.71. The van der Waals surface area contributed by atoms with Gasteiger partial charge in [0.05, 0.1) is 5.69 Å². The van der Waals surface area contributed by atoms with Crippen molar-refractivity contribution in [1.29, 1.82) is 0 Å². The van der Waals surface area contributed by atoms with E-state index >= 15 is 0 Å². The van der Waals surface area contributed by atoms with Crippen LogP contribution in [0.1, 0.15) is 48.8 Å². The lowest BCUT2D eigenvalue weighted by Crippen LogP contribution is -2.36. The maximum atomic E-state index is 6.62. The topological polar surface area (TPSA) is 43.8 Å². The third kappa shape index (κ3) is 3.35.